The van der Waals surface area contributed by atoms with Crippen molar-refractivity contribution in [3.63, 3.8) is 0 Å². The van der Waals surface area contributed by atoms with E-state index in [1.807, 2.05) is 18.7 Å². The lowest BCUT2D eigenvalue weighted by Gasteiger charge is -2.14. The molecule has 1 aliphatic rings. The number of nitrogens with zero attached hydrogens (tertiary/aromatic N) is 1. The van der Waals surface area contributed by atoms with E-state index in [9.17, 15) is 9.59 Å². The summed E-state index contributed by atoms with van der Waals surface area (Å²) in [5.41, 5.74) is 0. The maximum Gasteiger partial charge on any atom is 0.246 e. The van der Waals surface area contributed by atoms with E-state index in [1.165, 1.54) is 4.90 Å². The largest absolute Gasteiger partial charge is 0.305 e. The van der Waals surface area contributed by atoms with Crippen molar-refractivity contribution < 1.29 is 9.59 Å². The number of imide groups is 1. The smallest absolute Gasteiger partial charge is 0.246 e. The molecule has 98 valence electrons. The molecule has 2 amide bonds. The molecule has 17 heavy (non-hydrogen) atoms. The molecule has 0 aromatic heterocycles. The monoisotopic (exact) mass is 258 g/mol. The number of carbonyl (C=O) groups excluding carboxylic acids is 2. The first-order valence-electron chi connectivity index (χ1n) is 6.27. The summed E-state index contributed by atoms with van der Waals surface area (Å²) < 4.78 is 0. The van der Waals surface area contributed by atoms with Gasteiger partial charge in [0.25, 0.3) is 0 Å². The predicted molar refractivity (Wildman–Crippen MR) is 71.0 cm³/mol. The second-order valence-electron chi connectivity index (χ2n) is 4.29. The zero-order valence-electron chi connectivity index (χ0n) is 10.7. The molecule has 1 rings (SSSR count). The molecule has 4 nitrogen and oxygen atoms in total. The normalized spacial score (nSPS) is 20.4. The van der Waals surface area contributed by atoms with Crippen LogP contribution in [-0.2, 0) is 9.59 Å². The van der Waals surface area contributed by atoms with Crippen molar-refractivity contribution in [1.82, 2.24) is 10.2 Å². The fourth-order valence-corrected chi connectivity index (χ4v) is 2.44. The average Bonchev–Trinajstić information content (AvgIpc) is 2.57. The lowest BCUT2D eigenvalue weighted by molar-refractivity contribution is -0.138. The third kappa shape index (κ3) is 4.32. The van der Waals surface area contributed by atoms with Crippen LogP contribution in [0.3, 0.4) is 0 Å². The first kappa shape index (κ1) is 14.5. The van der Waals surface area contributed by atoms with Gasteiger partial charge in [0.15, 0.2) is 0 Å². The standard InChI is InChI=1S/C12H22N2O2S/c1-3-7-14-11(15)9-10(12(14)16)13-6-4-5-8-17-2/h10,13H,3-9H2,1-2H3. The zero-order valence-corrected chi connectivity index (χ0v) is 11.5. The number of hydrogen-bond donors (Lipinski definition) is 1. The highest BCUT2D eigenvalue weighted by atomic mass is 32.2. The number of thioether (sulfide) groups is 1. The summed E-state index contributed by atoms with van der Waals surface area (Å²) in [6, 6.07) is -0.275. The highest BCUT2D eigenvalue weighted by Crippen LogP contribution is 2.13. The van der Waals surface area contributed by atoms with Crippen molar-refractivity contribution in [2.45, 2.75) is 38.6 Å². The maximum absolute atomic E-state index is 11.9. The fourth-order valence-electron chi connectivity index (χ4n) is 1.95. The molecule has 1 fully saturated rings. The highest BCUT2D eigenvalue weighted by molar-refractivity contribution is 7.98. The lowest BCUT2D eigenvalue weighted by Crippen LogP contribution is -2.39. The van der Waals surface area contributed by atoms with Crippen LogP contribution in [0, 0.1) is 0 Å². The van der Waals surface area contributed by atoms with Gasteiger partial charge in [0, 0.05) is 6.54 Å². The molecule has 1 saturated heterocycles. The molecule has 1 unspecified atom stereocenters. The van der Waals surface area contributed by atoms with E-state index in [-0.39, 0.29) is 17.9 Å². The molecule has 0 radical (unpaired) electrons. The van der Waals surface area contributed by atoms with Crippen LogP contribution in [0.2, 0.25) is 0 Å². The molecule has 1 heterocycles. The Morgan fingerprint density at radius 3 is 2.82 bits per heavy atom. The average molecular weight is 258 g/mol. The van der Waals surface area contributed by atoms with Crippen LogP contribution in [-0.4, -0.2) is 47.9 Å². The number of nitrogens with one attached hydrogen (secondary N) is 1. The Kier molecular flexibility index (Phi) is 6.58. The molecule has 0 aromatic carbocycles. The van der Waals surface area contributed by atoms with E-state index < -0.39 is 0 Å². The molecule has 1 aliphatic heterocycles. The van der Waals surface area contributed by atoms with E-state index in [4.69, 9.17) is 0 Å². The van der Waals surface area contributed by atoms with Gasteiger partial charge in [0.05, 0.1) is 12.5 Å². The van der Waals surface area contributed by atoms with Gasteiger partial charge in [-0.2, -0.15) is 11.8 Å². The molecule has 0 aliphatic carbocycles. The zero-order chi connectivity index (χ0) is 12.7. The van der Waals surface area contributed by atoms with Crippen molar-refractivity contribution >= 4 is 23.6 Å². The second kappa shape index (κ2) is 7.71. The van der Waals surface area contributed by atoms with Gasteiger partial charge in [-0.3, -0.25) is 14.5 Å². The fraction of sp³-hybridized carbons (Fsp3) is 0.833. The number of rotatable bonds is 8. The van der Waals surface area contributed by atoms with Gasteiger partial charge in [-0.1, -0.05) is 6.92 Å². The topological polar surface area (TPSA) is 49.4 Å². The third-order valence-corrected chi connectivity index (χ3v) is 3.55. The third-order valence-electron chi connectivity index (χ3n) is 2.86. The van der Waals surface area contributed by atoms with Crippen LogP contribution in [0.4, 0.5) is 0 Å². The molecular formula is C12H22N2O2S. The van der Waals surface area contributed by atoms with Gasteiger partial charge in [-0.15, -0.1) is 0 Å². The summed E-state index contributed by atoms with van der Waals surface area (Å²) in [5.74, 6) is 1.08. The van der Waals surface area contributed by atoms with Crippen LogP contribution in [0.25, 0.3) is 0 Å². The first-order valence-corrected chi connectivity index (χ1v) is 7.66. The summed E-state index contributed by atoms with van der Waals surface area (Å²) in [6.45, 7) is 3.36. The van der Waals surface area contributed by atoms with Crippen LogP contribution >= 0.6 is 11.8 Å². The van der Waals surface area contributed by atoms with Crippen LogP contribution in [0.1, 0.15) is 32.6 Å². The van der Waals surface area contributed by atoms with E-state index in [2.05, 4.69) is 11.6 Å². The van der Waals surface area contributed by atoms with E-state index in [0.29, 0.717) is 13.0 Å². The highest BCUT2D eigenvalue weighted by Gasteiger charge is 2.37. The van der Waals surface area contributed by atoms with Crippen molar-refractivity contribution in [2.75, 3.05) is 25.1 Å². The minimum atomic E-state index is -0.275. The van der Waals surface area contributed by atoms with E-state index in [1.54, 1.807) is 0 Å². The number of unbranched alkanes of at least 4 members (excludes halogenated alkanes) is 1. The SMILES string of the molecule is CCCN1C(=O)CC(NCCCCSC)C1=O. The first-order chi connectivity index (χ1) is 8.20. The molecule has 0 spiro atoms. The van der Waals surface area contributed by atoms with Gasteiger partial charge in [-0.05, 0) is 37.8 Å². The van der Waals surface area contributed by atoms with Crippen LogP contribution in [0.15, 0.2) is 0 Å². The van der Waals surface area contributed by atoms with Crippen molar-refractivity contribution in [2.24, 2.45) is 0 Å². The van der Waals surface area contributed by atoms with Crippen LogP contribution in [0.5, 0.6) is 0 Å². The Labute approximate surface area is 108 Å². The Balaban J connectivity index is 2.26. The van der Waals surface area contributed by atoms with E-state index in [0.717, 1.165) is 31.6 Å². The number of hydrogen-bond acceptors (Lipinski definition) is 4. The predicted octanol–water partition coefficient (Wildman–Crippen LogP) is 1.26. The van der Waals surface area contributed by atoms with Crippen molar-refractivity contribution in [3.05, 3.63) is 0 Å². The Morgan fingerprint density at radius 1 is 1.41 bits per heavy atom. The summed E-state index contributed by atoms with van der Waals surface area (Å²) in [7, 11) is 0. The molecule has 5 heteroatoms. The van der Waals surface area contributed by atoms with Gasteiger partial charge in [-0.25, -0.2) is 0 Å². The Bertz CT molecular complexity index is 271. The Morgan fingerprint density at radius 2 is 2.18 bits per heavy atom. The minimum Gasteiger partial charge on any atom is -0.305 e. The Hall–Kier alpha value is -0.550. The number of carbonyl (C=O) groups is 2. The summed E-state index contributed by atoms with van der Waals surface area (Å²) >= 11 is 1.84. The molecule has 0 bridgehead atoms. The van der Waals surface area contributed by atoms with Crippen molar-refractivity contribution in [3.8, 4) is 0 Å². The molecule has 0 aromatic rings. The minimum absolute atomic E-state index is 0.0292. The van der Waals surface area contributed by atoms with Gasteiger partial charge in [0.1, 0.15) is 0 Å². The summed E-state index contributed by atoms with van der Waals surface area (Å²) in [5, 5.41) is 3.19. The molecular weight excluding hydrogens is 236 g/mol. The van der Waals surface area contributed by atoms with Gasteiger partial charge < -0.3 is 5.32 Å². The molecule has 1 N–H and O–H groups in total. The summed E-state index contributed by atoms with van der Waals surface area (Å²) in [4.78, 5) is 24.8. The van der Waals surface area contributed by atoms with Crippen LogP contribution < -0.4 is 5.32 Å². The van der Waals surface area contributed by atoms with Gasteiger partial charge in [0.2, 0.25) is 11.8 Å². The second-order valence-corrected chi connectivity index (χ2v) is 5.28. The molecule has 0 saturated carbocycles. The van der Waals surface area contributed by atoms with Crippen molar-refractivity contribution in [1.29, 1.82) is 0 Å². The summed E-state index contributed by atoms with van der Waals surface area (Å²) in [6.07, 6.45) is 5.47. The lowest BCUT2D eigenvalue weighted by atomic mass is 10.2. The van der Waals surface area contributed by atoms with E-state index >= 15 is 0 Å². The maximum atomic E-state index is 11.9. The van der Waals surface area contributed by atoms with Gasteiger partial charge >= 0.3 is 0 Å². The number of amides is 2. The molecule has 1 atom stereocenters. The quantitative estimate of drug-likeness (QED) is 0.526. The number of likely N-dealkylation sites (tertiary alicyclic amines) is 1.